The number of rotatable bonds is 6. The lowest BCUT2D eigenvalue weighted by molar-refractivity contribution is 0.254. The lowest BCUT2D eigenvalue weighted by Gasteiger charge is -2.24. The fraction of sp³-hybridized carbons (Fsp3) is 0.600. The number of nitrogens with two attached hydrogens (primary N) is 1. The molecule has 0 spiro atoms. The van der Waals surface area contributed by atoms with Gasteiger partial charge in [-0.3, -0.25) is 0 Å². The Bertz CT molecular complexity index is 402. The monoisotopic (exact) mass is 263 g/mol. The summed E-state index contributed by atoms with van der Waals surface area (Å²) >= 11 is 0. The smallest absolute Gasteiger partial charge is 0.143 e. The van der Waals surface area contributed by atoms with Gasteiger partial charge in [-0.2, -0.15) is 0 Å². The van der Waals surface area contributed by atoms with Crippen molar-refractivity contribution in [1.29, 1.82) is 0 Å². The number of nitrogens with one attached hydrogen (secondary N) is 1. The second kappa shape index (κ2) is 6.66. The number of anilines is 2. The summed E-state index contributed by atoms with van der Waals surface area (Å²) in [5.74, 6) is 0.731. The fourth-order valence-corrected chi connectivity index (χ4v) is 2.73. The van der Waals surface area contributed by atoms with Gasteiger partial charge in [0, 0.05) is 30.9 Å². The number of ether oxygens (including phenoxy) is 1. The summed E-state index contributed by atoms with van der Waals surface area (Å²) in [7, 11) is 3.87. The van der Waals surface area contributed by atoms with Crippen molar-refractivity contribution in [3.05, 3.63) is 18.2 Å². The molecule has 1 aliphatic carbocycles. The molecular weight excluding hydrogens is 238 g/mol. The van der Waals surface area contributed by atoms with E-state index in [4.69, 9.17) is 10.5 Å². The predicted octanol–water partition coefficient (Wildman–Crippen LogP) is 2.56. The van der Waals surface area contributed by atoms with Crippen molar-refractivity contribution >= 4 is 11.4 Å². The Hall–Kier alpha value is -1.42. The molecule has 4 nitrogen and oxygen atoms in total. The molecule has 3 N–H and O–H groups in total. The third kappa shape index (κ3) is 3.77. The Morgan fingerprint density at radius 1 is 1.37 bits per heavy atom. The molecule has 1 saturated carbocycles. The van der Waals surface area contributed by atoms with Gasteiger partial charge < -0.3 is 20.7 Å². The van der Waals surface area contributed by atoms with Crippen LogP contribution >= 0.6 is 0 Å². The summed E-state index contributed by atoms with van der Waals surface area (Å²) in [6, 6.07) is 6.60. The van der Waals surface area contributed by atoms with Crippen LogP contribution in [0.15, 0.2) is 18.2 Å². The third-order valence-corrected chi connectivity index (χ3v) is 3.98. The number of methoxy groups -OCH3 is 1. The van der Waals surface area contributed by atoms with Crippen LogP contribution in [0.1, 0.15) is 25.7 Å². The van der Waals surface area contributed by atoms with Crippen LogP contribution in [-0.2, 0) is 0 Å². The van der Waals surface area contributed by atoms with E-state index >= 15 is 0 Å². The maximum absolute atomic E-state index is 5.80. The van der Waals surface area contributed by atoms with Crippen LogP contribution in [-0.4, -0.2) is 38.2 Å². The molecule has 0 aliphatic heterocycles. The van der Waals surface area contributed by atoms with Gasteiger partial charge in [0.2, 0.25) is 0 Å². The van der Waals surface area contributed by atoms with Crippen LogP contribution in [0, 0.1) is 0 Å². The minimum atomic E-state index is 0.677. The number of nitrogens with zero attached hydrogens (tertiary/aromatic N) is 1. The van der Waals surface area contributed by atoms with Crippen LogP contribution in [0.3, 0.4) is 0 Å². The van der Waals surface area contributed by atoms with E-state index in [2.05, 4.69) is 17.3 Å². The van der Waals surface area contributed by atoms with E-state index in [9.17, 15) is 0 Å². The van der Waals surface area contributed by atoms with Gasteiger partial charge in [0.1, 0.15) is 5.75 Å². The van der Waals surface area contributed by atoms with Crippen LogP contribution in [0.5, 0.6) is 5.75 Å². The molecule has 0 unspecified atom stereocenters. The van der Waals surface area contributed by atoms with Crippen LogP contribution in [0.4, 0.5) is 11.4 Å². The van der Waals surface area contributed by atoms with Crippen LogP contribution < -0.4 is 15.8 Å². The van der Waals surface area contributed by atoms with Crippen LogP contribution in [0.25, 0.3) is 0 Å². The Morgan fingerprint density at radius 2 is 2.11 bits per heavy atom. The molecule has 0 heterocycles. The Labute approximate surface area is 115 Å². The molecule has 1 aromatic rings. The van der Waals surface area contributed by atoms with Crippen molar-refractivity contribution in [2.75, 3.05) is 38.3 Å². The SMILES string of the molecule is COc1cc(NCCN(C)C2CCCC2)ccc1N. The van der Waals surface area contributed by atoms with Crippen molar-refractivity contribution in [2.24, 2.45) is 0 Å². The molecule has 0 saturated heterocycles. The second-order valence-electron chi connectivity index (χ2n) is 5.30. The van der Waals surface area contributed by atoms with Crippen molar-refractivity contribution in [3.63, 3.8) is 0 Å². The fourth-order valence-electron chi connectivity index (χ4n) is 2.73. The predicted molar refractivity (Wildman–Crippen MR) is 80.8 cm³/mol. The highest BCUT2D eigenvalue weighted by Crippen LogP contribution is 2.25. The van der Waals surface area contributed by atoms with Gasteiger partial charge in [0.25, 0.3) is 0 Å². The number of nitrogen functional groups attached to an aromatic ring is 1. The molecule has 0 radical (unpaired) electrons. The molecule has 0 atom stereocenters. The van der Waals surface area contributed by atoms with Gasteiger partial charge in [-0.25, -0.2) is 0 Å². The Morgan fingerprint density at radius 3 is 2.79 bits per heavy atom. The first-order chi connectivity index (χ1) is 9.20. The quantitative estimate of drug-likeness (QED) is 0.775. The first kappa shape index (κ1) is 14.0. The molecule has 1 aliphatic rings. The largest absolute Gasteiger partial charge is 0.495 e. The second-order valence-corrected chi connectivity index (χ2v) is 5.30. The normalized spacial score (nSPS) is 15.9. The number of likely N-dealkylation sites (N-methyl/N-ethyl adjacent to an activating group) is 1. The third-order valence-electron chi connectivity index (χ3n) is 3.98. The minimum absolute atomic E-state index is 0.677. The van der Waals surface area contributed by atoms with Crippen molar-refractivity contribution in [3.8, 4) is 5.75 Å². The first-order valence-corrected chi connectivity index (χ1v) is 7.08. The van der Waals surface area contributed by atoms with E-state index in [-0.39, 0.29) is 0 Å². The summed E-state index contributed by atoms with van der Waals surface area (Å²) in [5.41, 5.74) is 7.54. The summed E-state index contributed by atoms with van der Waals surface area (Å²) in [5, 5.41) is 3.42. The molecule has 1 aromatic carbocycles. The highest BCUT2D eigenvalue weighted by atomic mass is 16.5. The van der Waals surface area contributed by atoms with E-state index in [1.165, 1.54) is 25.7 Å². The zero-order chi connectivity index (χ0) is 13.7. The summed E-state index contributed by atoms with van der Waals surface area (Å²) < 4.78 is 5.22. The molecule has 0 amide bonds. The zero-order valence-electron chi connectivity index (χ0n) is 12.0. The molecule has 1 fully saturated rings. The maximum atomic E-state index is 5.80. The molecular formula is C15H25N3O. The molecule has 0 bridgehead atoms. The standard InChI is InChI=1S/C15H25N3O/c1-18(13-5-3-4-6-13)10-9-17-12-7-8-14(16)15(11-12)19-2/h7-8,11,13,17H,3-6,9-10,16H2,1-2H3. The van der Waals surface area contributed by atoms with E-state index in [0.29, 0.717) is 5.69 Å². The van der Waals surface area contributed by atoms with Crippen molar-refractivity contribution < 1.29 is 4.74 Å². The Balaban J connectivity index is 1.78. The van der Waals surface area contributed by atoms with Gasteiger partial charge >= 0.3 is 0 Å². The lowest BCUT2D eigenvalue weighted by Crippen LogP contribution is -2.33. The van der Waals surface area contributed by atoms with Crippen molar-refractivity contribution in [1.82, 2.24) is 4.90 Å². The van der Waals surface area contributed by atoms with Gasteiger partial charge in [-0.15, -0.1) is 0 Å². The van der Waals surface area contributed by atoms with Crippen LogP contribution in [0.2, 0.25) is 0 Å². The highest BCUT2D eigenvalue weighted by Gasteiger charge is 2.18. The Kier molecular flexibility index (Phi) is 4.91. The van der Waals surface area contributed by atoms with Crippen molar-refractivity contribution in [2.45, 2.75) is 31.7 Å². The molecule has 106 valence electrons. The van der Waals surface area contributed by atoms with E-state index in [1.54, 1.807) is 7.11 Å². The first-order valence-electron chi connectivity index (χ1n) is 7.08. The topological polar surface area (TPSA) is 50.5 Å². The average molecular weight is 263 g/mol. The number of hydrogen-bond donors (Lipinski definition) is 2. The summed E-state index contributed by atoms with van der Waals surface area (Å²) in [6.45, 7) is 2.01. The molecule has 0 aromatic heterocycles. The van der Waals surface area contributed by atoms with E-state index in [1.807, 2.05) is 18.2 Å². The summed E-state index contributed by atoms with van der Waals surface area (Å²) in [4.78, 5) is 2.47. The zero-order valence-corrected chi connectivity index (χ0v) is 12.0. The molecule has 4 heteroatoms. The average Bonchev–Trinajstić information content (AvgIpc) is 2.94. The van der Waals surface area contributed by atoms with E-state index < -0.39 is 0 Å². The maximum Gasteiger partial charge on any atom is 0.143 e. The van der Waals surface area contributed by atoms with E-state index in [0.717, 1.165) is 30.6 Å². The van der Waals surface area contributed by atoms with Gasteiger partial charge in [0.15, 0.2) is 0 Å². The lowest BCUT2D eigenvalue weighted by atomic mass is 10.2. The number of hydrogen-bond acceptors (Lipinski definition) is 4. The minimum Gasteiger partial charge on any atom is -0.495 e. The molecule has 19 heavy (non-hydrogen) atoms. The molecule has 2 rings (SSSR count). The van der Waals surface area contributed by atoms with Gasteiger partial charge in [-0.1, -0.05) is 12.8 Å². The highest BCUT2D eigenvalue weighted by molar-refractivity contribution is 5.61. The summed E-state index contributed by atoms with van der Waals surface area (Å²) in [6.07, 6.45) is 5.48. The number of benzene rings is 1. The van der Waals surface area contributed by atoms with Gasteiger partial charge in [-0.05, 0) is 32.0 Å². The van der Waals surface area contributed by atoms with Gasteiger partial charge in [0.05, 0.1) is 12.8 Å².